The maximum absolute atomic E-state index is 9.35. The van der Waals surface area contributed by atoms with Crippen LogP contribution in [0.4, 0.5) is 0 Å². The minimum atomic E-state index is -0.391. The number of hydrogen-bond donors (Lipinski definition) is 1. The van der Waals surface area contributed by atoms with Gasteiger partial charge in [-0.05, 0) is 13.3 Å². The standard InChI is InChI=1S/C4H9NO2/c1-4(6)2-3-5-7/h4,6H,2-3H2,1H3. The van der Waals surface area contributed by atoms with Crippen molar-refractivity contribution in [3.05, 3.63) is 4.91 Å². The summed E-state index contributed by atoms with van der Waals surface area (Å²) in [6.07, 6.45) is 0.0847. The summed E-state index contributed by atoms with van der Waals surface area (Å²) < 4.78 is 0. The fourth-order valence-corrected chi connectivity index (χ4v) is 0.240. The maximum atomic E-state index is 9.35. The number of aliphatic hydroxyl groups excluding tert-OH is 1. The molecule has 1 atom stereocenters. The zero-order chi connectivity index (χ0) is 5.70. The molecule has 42 valence electrons. The third-order valence-corrected chi connectivity index (χ3v) is 0.638. The Morgan fingerprint density at radius 1 is 1.86 bits per heavy atom. The van der Waals surface area contributed by atoms with Crippen LogP contribution in [0, 0.1) is 4.91 Å². The van der Waals surface area contributed by atoms with Gasteiger partial charge in [0.2, 0.25) is 0 Å². The van der Waals surface area contributed by atoms with E-state index in [9.17, 15) is 4.91 Å². The molecule has 3 heteroatoms. The van der Waals surface area contributed by atoms with E-state index in [4.69, 9.17) is 5.11 Å². The molecule has 0 aliphatic heterocycles. The molecule has 0 aromatic rings. The van der Waals surface area contributed by atoms with Crippen LogP contribution in [0.5, 0.6) is 0 Å². The molecule has 1 unspecified atom stereocenters. The number of aliphatic hydroxyl groups is 1. The van der Waals surface area contributed by atoms with Crippen LogP contribution in [-0.4, -0.2) is 17.8 Å². The molecule has 0 bridgehead atoms. The Hall–Kier alpha value is -0.440. The van der Waals surface area contributed by atoms with Gasteiger partial charge in [0.25, 0.3) is 0 Å². The van der Waals surface area contributed by atoms with E-state index in [0.717, 1.165) is 0 Å². The van der Waals surface area contributed by atoms with Crippen molar-refractivity contribution in [2.75, 3.05) is 6.54 Å². The Labute approximate surface area is 42.3 Å². The molecule has 0 radical (unpaired) electrons. The Morgan fingerprint density at radius 3 is 2.57 bits per heavy atom. The zero-order valence-electron chi connectivity index (χ0n) is 4.29. The summed E-state index contributed by atoms with van der Waals surface area (Å²) in [4.78, 5) is 9.35. The molecule has 0 rings (SSSR count). The van der Waals surface area contributed by atoms with Crippen LogP contribution < -0.4 is 0 Å². The van der Waals surface area contributed by atoms with E-state index >= 15 is 0 Å². The second-order valence-corrected chi connectivity index (χ2v) is 1.49. The Kier molecular flexibility index (Phi) is 3.50. The van der Waals surface area contributed by atoms with Gasteiger partial charge in [-0.2, -0.15) is 4.91 Å². The van der Waals surface area contributed by atoms with E-state index in [2.05, 4.69) is 5.18 Å². The third kappa shape index (κ3) is 5.56. The summed E-state index contributed by atoms with van der Waals surface area (Å²) in [7, 11) is 0. The highest BCUT2D eigenvalue weighted by Crippen LogP contribution is 1.87. The lowest BCUT2D eigenvalue weighted by atomic mass is 10.3. The summed E-state index contributed by atoms with van der Waals surface area (Å²) in [6.45, 7) is 1.85. The Bertz CT molecular complexity index is 53.7. The number of nitrogens with zero attached hydrogens (tertiary/aromatic N) is 1. The van der Waals surface area contributed by atoms with Gasteiger partial charge >= 0.3 is 0 Å². The molecular weight excluding hydrogens is 94.0 g/mol. The molecule has 0 amide bonds. The molecule has 1 N–H and O–H groups in total. The molecule has 0 saturated carbocycles. The van der Waals surface area contributed by atoms with Crippen LogP contribution in [0.15, 0.2) is 5.18 Å². The Morgan fingerprint density at radius 2 is 2.43 bits per heavy atom. The van der Waals surface area contributed by atoms with E-state index < -0.39 is 6.10 Å². The van der Waals surface area contributed by atoms with E-state index in [-0.39, 0.29) is 6.54 Å². The topological polar surface area (TPSA) is 49.7 Å². The van der Waals surface area contributed by atoms with Crippen molar-refractivity contribution in [2.45, 2.75) is 19.4 Å². The highest BCUT2D eigenvalue weighted by atomic mass is 16.3. The quantitative estimate of drug-likeness (QED) is 0.529. The first-order valence-electron chi connectivity index (χ1n) is 2.24. The second-order valence-electron chi connectivity index (χ2n) is 1.49. The predicted octanol–water partition coefficient (Wildman–Crippen LogP) is 0.524. The highest BCUT2D eigenvalue weighted by Gasteiger charge is 1.91. The molecule has 0 aliphatic carbocycles. The number of rotatable bonds is 3. The average Bonchev–Trinajstić information content (AvgIpc) is 1.61. The van der Waals surface area contributed by atoms with Gasteiger partial charge in [0, 0.05) is 0 Å². The van der Waals surface area contributed by atoms with Crippen molar-refractivity contribution in [2.24, 2.45) is 5.18 Å². The minimum absolute atomic E-state index is 0.220. The van der Waals surface area contributed by atoms with E-state index in [1.54, 1.807) is 6.92 Å². The van der Waals surface area contributed by atoms with Crippen LogP contribution in [0.2, 0.25) is 0 Å². The zero-order valence-corrected chi connectivity index (χ0v) is 4.29. The second kappa shape index (κ2) is 3.74. The van der Waals surface area contributed by atoms with Gasteiger partial charge in [-0.3, -0.25) is 0 Å². The fraction of sp³-hybridized carbons (Fsp3) is 1.00. The largest absolute Gasteiger partial charge is 0.393 e. The summed E-state index contributed by atoms with van der Waals surface area (Å²) in [5.41, 5.74) is 0. The van der Waals surface area contributed by atoms with Crippen molar-refractivity contribution in [3.8, 4) is 0 Å². The van der Waals surface area contributed by atoms with Crippen molar-refractivity contribution < 1.29 is 5.11 Å². The van der Waals surface area contributed by atoms with Crippen LogP contribution >= 0.6 is 0 Å². The van der Waals surface area contributed by atoms with Crippen LogP contribution in [-0.2, 0) is 0 Å². The summed E-state index contributed by atoms with van der Waals surface area (Å²) in [6, 6.07) is 0. The SMILES string of the molecule is CC(O)CCN=O. The van der Waals surface area contributed by atoms with E-state index in [0.29, 0.717) is 6.42 Å². The molecule has 0 aromatic heterocycles. The van der Waals surface area contributed by atoms with Crippen molar-refractivity contribution in [1.82, 2.24) is 0 Å². The van der Waals surface area contributed by atoms with Crippen molar-refractivity contribution in [3.63, 3.8) is 0 Å². The molecule has 0 spiro atoms. The average molecular weight is 103 g/mol. The summed E-state index contributed by atoms with van der Waals surface area (Å²) in [5.74, 6) is 0. The summed E-state index contributed by atoms with van der Waals surface area (Å²) in [5, 5.41) is 11.1. The van der Waals surface area contributed by atoms with Crippen LogP contribution in [0.1, 0.15) is 13.3 Å². The molecule has 0 heterocycles. The molecule has 0 aliphatic rings. The molecule has 0 saturated heterocycles. The summed E-state index contributed by atoms with van der Waals surface area (Å²) >= 11 is 0. The first kappa shape index (κ1) is 6.56. The van der Waals surface area contributed by atoms with Gasteiger partial charge in [0.05, 0.1) is 12.6 Å². The molecule has 0 aromatic carbocycles. The Balaban J connectivity index is 2.81. The fourth-order valence-electron chi connectivity index (χ4n) is 0.240. The highest BCUT2D eigenvalue weighted by molar-refractivity contribution is 4.47. The van der Waals surface area contributed by atoms with Crippen molar-refractivity contribution in [1.29, 1.82) is 0 Å². The van der Waals surface area contributed by atoms with Gasteiger partial charge in [-0.25, -0.2) is 0 Å². The first-order valence-corrected chi connectivity index (χ1v) is 2.24. The minimum Gasteiger partial charge on any atom is -0.393 e. The van der Waals surface area contributed by atoms with E-state index in [1.807, 2.05) is 0 Å². The number of nitroso groups, excluding NO2 is 1. The molecule has 0 fully saturated rings. The first-order chi connectivity index (χ1) is 3.27. The predicted molar refractivity (Wildman–Crippen MR) is 27.0 cm³/mol. The van der Waals surface area contributed by atoms with Gasteiger partial charge in [0.1, 0.15) is 0 Å². The lowest BCUT2D eigenvalue weighted by Crippen LogP contribution is -1.99. The van der Waals surface area contributed by atoms with Gasteiger partial charge < -0.3 is 5.11 Å². The molecule has 3 nitrogen and oxygen atoms in total. The van der Waals surface area contributed by atoms with Crippen LogP contribution in [0.25, 0.3) is 0 Å². The lowest BCUT2D eigenvalue weighted by Gasteiger charge is -1.94. The number of hydrogen-bond acceptors (Lipinski definition) is 3. The normalized spacial score (nSPS) is 13.4. The molecule has 7 heavy (non-hydrogen) atoms. The third-order valence-electron chi connectivity index (χ3n) is 0.638. The van der Waals surface area contributed by atoms with Gasteiger partial charge in [-0.15, -0.1) is 0 Å². The van der Waals surface area contributed by atoms with Gasteiger partial charge in [0.15, 0.2) is 0 Å². The monoisotopic (exact) mass is 103 g/mol. The van der Waals surface area contributed by atoms with Crippen LogP contribution in [0.3, 0.4) is 0 Å². The maximum Gasteiger partial charge on any atom is 0.0835 e. The van der Waals surface area contributed by atoms with E-state index in [1.165, 1.54) is 0 Å². The van der Waals surface area contributed by atoms with Gasteiger partial charge in [-0.1, -0.05) is 5.18 Å². The molecular formula is C4H9NO2. The van der Waals surface area contributed by atoms with Crippen molar-refractivity contribution >= 4 is 0 Å². The lowest BCUT2D eigenvalue weighted by molar-refractivity contribution is 0.187. The smallest absolute Gasteiger partial charge is 0.0835 e.